The molecule has 0 saturated heterocycles. The van der Waals surface area contributed by atoms with Crippen LogP contribution in [0.5, 0.6) is 0 Å². The van der Waals surface area contributed by atoms with Crippen molar-refractivity contribution < 1.29 is 12.8 Å². The second-order valence-electron chi connectivity index (χ2n) is 4.32. The van der Waals surface area contributed by atoms with Gasteiger partial charge in [-0.25, -0.2) is 12.8 Å². The number of sulfonamides is 1. The third kappa shape index (κ3) is 3.23. The van der Waals surface area contributed by atoms with Crippen LogP contribution in [0.2, 0.25) is 10.0 Å². The Balaban J connectivity index is 2.49. The van der Waals surface area contributed by atoms with Crippen molar-refractivity contribution in [2.45, 2.75) is 11.8 Å². The van der Waals surface area contributed by atoms with Crippen LogP contribution in [-0.4, -0.2) is 8.42 Å². The Morgan fingerprint density at radius 3 is 2.29 bits per heavy atom. The van der Waals surface area contributed by atoms with Crippen LogP contribution >= 0.6 is 23.2 Å². The van der Waals surface area contributed by atoms with Crippen molar-refractivity contribution in [3.8, 4) is 0 Å². The predicted molar refractivity (Wildman–Crippen MR) is 82.8 cm³/mol. The molecule has 0 aromatic heterocycles. The van der Waals surface area contributed by atoms with Gasteiger partial charge >= 0.3 is 0 Å². The standard InChI is InChI=1S/C13H11Cl2FN2O2S/c1-7-11(16)5-8(6-12(7)17)21(19,20)18-13-9(14)3-2-4-10(13)15/h2-6,18H,17H2,1H3. The van der Waals surface area contributed by atoms with Gasteiger partial charge < -0.3 is 5.73 Å². The van der Waals surface area contributed by atoms with E-state index in [1.165, 1.54) is 25.1 Å². The lowest BCUT2D eigenvalue weighted by atomic mass is 10.2. The number of anilines is 2. The topological polar surface area (TPSA) is 72.2 Å². The van der Waals surface area contributed by atoms with E-state index in [0.717, 1.165) is 6.07 Å². The van der Waals surface area contributed by atoms with Gasteiger partial charge in [-0.3, -0.25) is 4.72 Å². The van der Waals surface area contributed by atoms with Crippen LogP contribution < -0.4 is 10.5 Å². The number of nitrogens with one attached hydrogen (secondary N) is 1. The van der Waals surface area contributed by atoms with E-state index in [9.17, 15) is 12.8 Å². The molecule has 2 aromatic carbocycles. The number of nitrogen functional groups attached to an aromatic ring is 1. The summed E-state index contributed by atoms with van der Waals surface area (Å²) in [7, 11) is -4.06. The molecule has 0 bridgehead atoms. The lowest BCUT2D eigenvalue weighted by Crippen LogP contribution is -2.14. The Morgan fingerprint density at radius 2 is 1.76 bits per heavy atom. The maximum atomic E-state index is 13.6. The first-order chi connectivity index (χ1) is 9.72. The summed E-state index contributed by atoms with van der Waals surface area (Å²) >= 11 is 11.8. The molecule has 0 atom stereocenters. The number of benzene rings is 2. The van der Waals surface area contributed by atoms with Gasteiger partial charge in [0.25, 0.3) is 10.0 Å². The fourth-order valence-electron chi connectivity index (χ4n) is 1.62. The average Bonchev–Trinajstić information content (AvgIpc) is 2.40. The van der Waals surface area contributed by atoms with Gasteiger partial charge in [0.2, 0.25) is 0 Å². The monoisotopic (exact) mass is 348 g/mol. The summed E-state index contributed by atoms with van der Waals surface area (Å²) in [6.07, 6.45) is 0. The molecule has 0 aliphatic rings. The van der Waals surface area contributed by atoms with Crippen molar-refractivity contribution in [2.75, 3.05) is 10.5 Å². The minimum atomic E-state index is -4.06. The molecule has 0 unspecified atom stereocenters. The Hall–Kier alpha value is -1.50. The van der Waals surface area contributed by atoms with Crippen molar-refractivity contribution in [3.63, 3.8) is 0 Å². The van der Waals surface area contributed by atoms with E-state index in [2.05, 4.69) is 4.72 Å². The van der Waals surface area contributed by atoms with Crippen molar-refractivity contribution >= 4 is 44.6 Å². The zero-order valence-electron chi connectivity index (χ0n) is 10.8. The molecule has 8 heteroatoms. The van der Waals surface area contributed by atoms with Gasteiger partial charge in [-0.15, -0.1) is 0 Å². The largest absolute Gasteiger partial charge is 0.398 e. The third-order valence-corrected chi connectivity index (χ3v) is 4.83. The van der Waals surface area contributed by atoms with E-state index in [4.69, 9.17) is 28.9 Å². The molecular formula is C13H11Cl2FN2O2S. The summed E-state index contributed by atoms with van der Waals surface area (Å²) < 4.78 is 40.4. The van der Waals surface area contributed by atoms with Crippen LogP contribution in [0.4, 0.5) is 15.8 Å². The van der Waals surface area contributed by atoms with Gasteiger partial charge in [-0.2, -0.15) is 0 Å². The molecule has 3 N–H and O–H groups in total. The van der Waals surface area contributed by atoms with Gasteiger partial charge in [0.15, 0.2) is 0 Å². The van der Waals surface area contributed by atoms with Gasteiger partial charge in [-0.05, 0) is 31.2 Å². The lowest BCUT2D eigenvalue weighted by Gasteiger charge is -2.12. The first-order valence-electron chi connectivity index (χ1n) is 5.75. The Kier molecular flexibility index (Phi) is 4.32. The molecule has 2 aromatic rings. The van der Waals surface area contributed by atoms with Crippen molar-refractivity contribution in [2.24, 2.45) is 0 Å². The summed E-state index contributed by atoms with van der Waals surface area (Å²) in [4.78, 5) is -0.306. The van der Waals surface area contributed by atoms with Gasteiger partial charge in [0, 0.05) is 11.3 Å². The highest BCUT2D eigenvalue weighted by atomic mass is 35.5. The Bertz CT molecular complexity index is 767. The highest BCUT2D eigenvalue weighted by Crippen LogP contribution is 2.32. The molecule has 0 spiro atoms. The quantitative estimate of drug-likeness (QED) is 0.828. The highest BCUT2D eigenvalue weighted by molar-refractivity contribution is 7.92. The molecule has 0 aliphatic heterocycles. The summed E-state index contributed by atoms with van der Waals surface area (Å²) in [6.45, 7) is 1.46. The first kappa shape index (κ1) is 15.9. The van der Waals surface area contributed by atoms with Crippen LogP contribution in [0.15, 0.2) is 35.2 Å². The third-order valence-electron chi connectivity index (χ3n) is 2.87. The molecular weight excluding hydrogens is 338 g/mol. The predicted octanol–water partition coefficient (Wildman–Crippen LogP) is 3.82. The van der Waals surface area contributed by atoms with Crippen LogP contribution in [0.3, 0.4) is 0 Å². The van der Waals surface area contributed by atoms with Crippen LogP contribution in [0.1, 0.15) is 5.56 Å². The molecule has 4 nitrogen and oxygen atoms in total. The fourth-order valence-corrected chi connectivity index (χ4v) is 3.37. The number of nitrogens with two attached hydrogens (primary N) is 1. The zero-order valence-corrected chi connectivity index (χ0v) is 13.2. The Morgan fingerprint density at radius 1 is 1.19 bits per heavy atom. The summed E-state index contributed by atoms with van der Waals surface area (Å²) in [5.74, 6) is -0.708. The summed E-state index contributed by atoms with van der Waals surface area (Å²) in [5.41, 5.74) is 5.84. The number of hydrogen-bond acceptors (Lipinski definition) is 3. The SMILES string of the molecule is Cc1c(N)cc(S(=O)(=O)Nc2c(Cl)cccc2Cl)cc1F. The van der Waals surface area contributed by atoms with Gasteiger partial charge in [-0.1, -0.05) is 29.3 Å². The van der Waals surface area contributed by atoms with E-state index in [-0.39, 0.29) is 31.9 Å². The summed E-state index contributed by atoms with van der Waals surface area (Å²) in [6, 6.07) is 6.60. The van der Waals surface area contributed by atoms with Crippen molar-refractivity contribution in [1.29, 1.82) is 0 Å². The number of halogens is 3. The van der Waals surface area contributed by atoms with E-state index in [0.29, 0.717) is 0 Å². The smallest absolute Gasteiger partial charge is 0.262 e. The second kappa shape index (κ2) is 5.71. The Labute approximate surface area is 131 Å². The van der Waals surface area contributed by atoms with Crippen LogP contribution in [-0.2, 0) is 10.0 Å². The molecule has 0 heterocycles. The molecule has 0 amide bonds. The molecule has 112 valence electrons. The number of hydrogen-bond donors (Lipinski definition) is 2. The van der Waals surface area contributed by atoms with Gasteiger partial charge in [0.1, 0.15) is 5.82 Å². The normalized spacial score (nSPS) is 11.4. The molecule has 21 heavy (non-hydrogen) atoms. The van der Waals surface area contributed by atoms with E-state index >= 15 is 0 Å². The fraction of sp³-hybridized carbons (Fsp3) is 0.0769. The van der Waals surface area contributed by atoms with Crippen molar-refractivity contribution in [3.05, 3.63) is 51.8 Å². The molecule has 2 rings (SSSR count). The minimum Gasteiger partial charge on any atom is -0.398 e. The average molecular weight is 349 g/mol. The number of para-hydroxylation sites is 1. The zero-order chi connectivity index (χ0) is 15.8. The lowest BCUT2D eigenvalue weighted by molar-refractivity contribution is 0.593. The summed E-state index contributed by atoms with van der Waals surface area (Å²) in [5, 5.41) is 0.262. The van der Waals surface area contributed by atoms with Gasteiger partial charge in [0.05, 0.1) is 20.6 Å². The maximum absolute atomic E-state index is 13.6. The van der Waals surface area contributed by atoms with E-state index in [1.807, 2.05) is 0 Å². The maximum Gasteiger partial charge on any atom is 0.262 e. The molecule has 0 saturated carbocycles. The molecule has 0 radical (unpaired) electrons. The number of rotatable bonds is 3. The van der Waals surface area contributed by atoms with Crippen LogP contribution in [0, 0.1) is 12.7 Å². The first-order valence-corrected chi connectivity index (χ1v) is 7.99. The van der Waals surface area contributed by atoms with E-state index < -0.39 is 15.8 Å². The molecule has 0 fully saturated rings. The van der Waals surface area contributed by atoms with Crippen LogP contribution in [0.25, 0.3) is 0 Å². The van der Waals surface area contributed by atoms with E-state index in [1.54, 1.807) is 6.07 Å². The highest BCUT2D eigenvalue weighted by Gasteiger charge is 2.20. The molecule has 0 aliphatic carbocycles. The van der Waals surface area contributed by atoms with Crippen molar-refractivity contribution in [1.82, 2.24) is 0 Å². The minimum absolute atomic E-state index is 0.0281. The second-order valence-corrected chi connectivity index (χ2v) is 6.82.